The van der Waals surface area contributed by atoms with Gasteiger partial charge in [-0.2, -0.15) is 5.10 Å². The Bertz CT molecular complexity index is 565. The number of aromatic carboxylic acids is 1. The number of rotatable bonds is 7. The van der Waals surface area contributed by atoms with Crippen molar-refractivity contribution >= 4 is 24.0 Å². The van der Waals surface area contributed by atoms with Crippen LogP contribution in [0.25, 0.3) is 0 Å². The Labute approximate surface area is 128 Å². The molecule has 0 fully saturated rings. The third-order valence-corrected chi connectivity index (χ3v) is 2.59. The van der Waals surface area contributed by atoms with Crippen molar-refractivity contribution in [2.24, 2.45) is 11.0 Å². The van der Waals surface area contributed by atoms with Crippen LogP contribution in [-0.4, -0.2) is 35.6 Å². The fourth-order valence-electron chi connectivity index (χ4n) is 1.46. The summed E-state index contributed by atoms with van der Waals surface area (Å²) in [5, 5.41) is 15.1. The van der Waals surface area contributed by atoms with E-state index in [-0.39, 0.29) is 17.9 Å². The number of amides is 2. The van der Waals surface area contributed by atoms with Crippen LogP contribution in [0.15, 0.2) is 29.4 Å². The molecule has 0 aliphatic rings. The van der Waals surface area contributed by atoms with Gasteiger partial charge in [0.2, 0.25) is 11.8 Å². The van der Waals surface area contributed by atoms with Crippen molar-refractivity contribution in [1.82, 2.24) is 10.7 Å². The molecule has 1 rings (SSSR count). The molecular formula is C15H19N3O4. The van der Waals surface area contributed by atoms with Gasteiger partial charge in [0.05, 0.1) is 11.8 Å². The quantitative estimate of drug-likeness (QED) is 0.396. The molecule has 3 N–H and O–H groups in total. The number of carboxylic acids is 1. The fraction of sp³-hybridized carbons (Fsp3) is 0.333. The van der Waals surface area contributed by atoms with Crippen molar-refractivity contribution in [1.29, 1.82) is 0 Å². The maximum atomic E-state index is 11.5. The zero-order chi connectivity index (χ0) is 16.5. The molecule has 0 aliphatic heterocycles. The van der Waals surface area contributed by atoms with E-state index >= 15 is 0 Å². The highest BCUT2D eigenvalue weighted by Crippen LogP contribution is 2.02. The second-order valence-electron chi connectivity index (χ2n) is 5.10. The number of nitrogens with one attached hydrogen (secondary N) is 2. The molecule has 1 aromatic carbocycles. The van der Waals surface area contributed by atoms with E-state index in [1.807, 2.05) is 13.8 Å². The van der Waals surface area contributed by atoms with Crippen molar-refractivity contribution in [3.63, 3.8) is 0 Å². The van der Waals surface area contributed by atoms with Crippen molar-refractivity contribution in [3.8, 4) is 0 Å². The highest BCUT2D eigenvalue weighted by Gasteiger charge is 2.08. The van der Waals surface area contributed by atoms with Gasteiger partial charge >= 0.3 is 5.97 Å². The summed E-state index contributed by atoms with van der Waals surface area (Å²) in [6, 6.07) is 6.00. The molecule has 1 aromatic rings. The van der Waals surface area contributed by atoms with E-state index in [1.54, 1.807) is 12.1 Å². The predicted molar refractivity (Wildman–Crippen MR) is 81.6 cm³/mol. The van der Waals surface area contributed by atoms with Crippen molar-refractivity contribution < 1.29 is 19.5 Å². The molecule has 7 heteroatoms. The van der Waals surface area contributed by atoms with Crippen LogP contribution in [0.1, 0.15) is 36.2 Å². The molecular weight excluding hydrogens is 286 g/mol. The van der Waals surface area contributed by atoms with Crippen LogP contribution in [0, 0.1) is 5.92 Å². The lowest BCUT2D eigenvalue weighted by Crippen LogP contribution is -2.32. The van der Waals surface area contributed by atoms with Crippen molar-refractivity contribution in [2.75, 3.05) is 6.54 Å². The van der Waals surface area contributed by atoms with Crippen LogP contribution in [0.4, 0.5) is 0 Å². The first-order chi connectivity index (χ1) is 10.4. The smallest absolute Gasteiger partial charge is 0.335 e. The Kier molecular flexibility index (Phi) is 6.75. The molecule has 22 heavy (non-hydrogen) atoms. The Hall–Kier alpha value is -2.70. The first-order valence-corrected chi connectivity index (χ1v) is 6.80. The number of nitrogens with zero attached hydrogens (tertiary/aromatic N) is 1. The largest absolute Gasteiger partial charge is 0.478 e. The van der Waals surface area contributed by atoms with Crippen molar-refractivity contribution in [2.45, 2.75) is 20.3 Å². The first kappa shape index (κ1) is 17.4. The van der Waals surface area contributed by atoms with E-state index in [1.165, 1.54) is 18.3 Å². The highest BCUT2D eigenvalue weighted by molar-refractivity contribution is 5.97. The minimum atomic E-state index is -1.01. The Morgan fingerprint density at radius 2 is 1.82 bits per heavy atom. The number of carbonyl (C=O) groups excluding carboxylic acids is 2. The zero-order valence-corrected chi connectivity index (χ0v) is 12.5. The summed E-state index contributed by atoms with van der Waals surface area (Å²) in [5.74, 6) is -1.56. The van der Waals surface area contributed by atoms with Gasteiger partial charge in [-0.05, 0) is 23.6 Å². The van der Waals surface area contributed by atoms with Gasteiger partial charge in [-0.15, -0.1) is 0 Å². The molecule has 0 unspecified atom stereocenters. The number of carboxylic acid groups (broad SMARTS) is 1. The molecule has 7 nitrogen and oxygen atoms in total. The molecule has 0 aromatic heterocycles. The fourth-order valence-corrected chi connectivity index (χ4v) is 1.46. The van der Waals surface area contributed by atoms with E-state index in [9.17, 15) is 14.4 Å². The molecule has 2 amide bonds. The molecule has 118 valence electrons. The molecule has 0 radical (unpaired) electrons. The van der Waals surface area contributed by atoms with E-state index < -0.39 is 11.9 Å². The monoisotopic (exact) mass is 305 g/mol. The van der Waals surface area contributed by atoms with Crippen molar-refractivity contribution in [3.05, 3.63) is 35.4 Å². The van der Waals surface area contributed by atoms with Crippen LogP contribution in [0.2, 0.25) is 0 Å². The summed E-state index contributed by atoms with van der Waals surface area (Å²) in [7, 11) is 0. The Morgan fingerprint density at radius 1 is 1.18 bits per heavy atom. The van der Waals surface area contributed by atoms with Gasteiger partial charge in [-0.25, -0.2) is 10.2 Å². The maximum Gasteiger partial charge on any atom is 0.335 e. The summed E-state index contributed by atoms with van der Waals surface area (Å²) in [6.45, 7) is 4.44. The average Bonchev–Trinajstić information content (AvgIpc) is 2.45. The SMILES string of the molecule is CC(C)CNC(=O)CC(=O)NN=Cc1ccc(C(=O)O)cc1. The maximum absolute atomic E-state index is 11.5. The number of hydrazone groups is 1. The van der Waals surface area contributed by atoms with Crippen LogP contribution < -0.4 is 10.7 Å². The average molecular weight is 305 g/mol. The van der Waals surface area contributed by atoms with Gasteiger partial charge in [0.25, 0.3) is 0 Å². The lowest BCUT2D eigenvalue weighted by molar-refractivity contribution is -0.129. The van der Waals surface area contributed by atoms with Crippen LogP contribution in [0.3, 0.4) is 0 Å². The van der Waals surface area contributed by atoms with E-state index in [0.29, 0.717) is 18.0 Å². The summed E-state index contributed by atoms with van der Waals surface area (Å²) < 4.78 is 0. The Balaban J connectivity index is 2.39. The predicted octanol–water partition coefficient (Wildman–Crippen LogP) is 0.997. The second-order valence-corrected chi connectivity index (χ2v) is 5.10. The van der Waals surface area contributed by atoms with E-state index in [2.05, 4.69) is 15.8 Å². The lowest BCUT2D eigenvalue weighted by Gasteiger charge is -2.06. The lowest BCUT2D eigenvalue weighted by atomic mass is 10.1. The summed E-state index contributed by atoms with van der Waals surface area (Å²) in [5.41, 5.74) is 3.04. The normalized spacial score (nSPS) is 10.7. The molecule has 0 atom stereocenters. The number of carbonyl (C=O) groups is 3. The van der Waals surface area contributed by atoms with Gasteiger partial charge in [0.15, 0.2) is 0 Å². The van der Waals surface area contributed by atoms with Crippen LogP contribution in [-0.2, 0) is 9.59 Å². The number of hydrogen-bond donors (Lipinski definition) is 3. The zero-order valence-electron chi connectivity index (χ0n) is 12.5. The first-order valence-electron chi connectivity index (χ1n) is 6.80. The molecule has 0 spiro atoms. The number of benzene rings is 1. The minimum Gasteiger partial charge on any atom is -0.478 e. The van der Waals surface area contributed by atoms with E-state index in [4.69, 9.17) is 5.11 Å². The highest BCUT2D eigenvalue weighted by atomic mass is 16.4. The van der Waals surface area contributed by atoms with E-state index in [0.717, 1.165) is 0 Å². The molecule has 0 aliphatic carbocycles. The topological polar surface area (TPSA) is 108 Å². The van der Waals surface area contributed by atoms with Gasteiger partial charge in [-0.3, -0.25) is 9.59 Å². The van der Waals surface area contributed by atoms with Gasteiger partial charge in [0.1, 0.15) is 6.42 Å². The van der Waals surface area contributed by atoms with Crippen LogP contribution in [0.5, 0.6) is 0 Å². The number of hydrogen-bond acceptors (Lipinski definition) is 4. The molecule has 0 saturated carbocycles. The summed E-state index contributed by atoms with van der Waals surface area (Å²) in [4.78, 5) is 33.6. The van der Waals surface area contributed by atoms with Gasteiger partial charge < -0.3 is 10.4 Å². The molecule has 0 bridgehead atoms. The van der Waals surface area contributed by atoms with Gasteiger partial charge in [-0.1, -0.05) is 26.0 Å². The third kappa shape index (κ3) is 6.65. The van der Waals surface area contributed by atoms with Crippen LogP contribution >= 0.6 is 0 Å². The standard InChI is InChI=1S/C15H19N3O4/c1-10(2)8-16-13(19)7-14(20)18-17-9-11-3-5-12(6-4-11)15(21)22/h3-6,9-10H,7-8H2,1-2H3,(H,16,19)(H,18,20)(H,21,22). The summed E-state index contributed by atoms with van der Waals surface area (Å²) in [6.07, 6.45) is 1.08. The molecule has 0 heterocycles. The summed E-state index contributed by atoms with van der Waals surface area (Å²) >= 11 is 0. The Morgan fingerprint density at radius 3 is 2.36 bits per heavy atom. The second kappa shape index (κ2) is 8.56. The third-order valence-electron chi connectivity index (χ3n) is 2.59. The molecule has 0 saturated heterocycles. The van der Waals surface area contributed by atoms with Gasteiger partial charge in [0, 0.05) is 6.54 Å². The minimum absolute atomic E-state index is 0.169.